The van der Waals surface area contributed by atoms with Crippen molar-refractivity contribution in [3.05, 3.63) is 150 Å². The molecule has 0 saturated carbocycles. The first kappa shape index (κ1) is 22.7. The number of nitrogens with one attached hydrogen (secondary N) is 1. The minimum absolute atomic E-state index is 0.220. The van der Waals surface area contributed by atoms with Gasteiger partial charge in [-0.25, -0.2) is 0 Å². The van der Waals surface area contributed by atoms with Crippen LogP contribution >= 0.6 is 0 Å². The summed E-state index contributed by atoms with van der Waals surface area (Å²) in [6, 6.07) is 42.9. The maximum atomic E-state index is 3.78. The standard InChI is InChI=1S/C31H32N2/c1-5-13-27(14-6-1)21-22-31(32-23-28-15-7-2-8-16-28)26-33(24-29-17-9-3-10-18-29)25-30-19-11-4-12-20-30/h1-22,31-32H,23-26H2/b22-21+/t31-/m1/s1. The largest absolute Gasteiger partial charge is 0.305 e. The van der Waals surface area contributed by atoms with E-state index in [0.717, 1.165) is 26.2 Å². The molecule has 33 heavy (non-hydrogen) atoms. The van der Waals surface area contributed by atoms with E-state index in [1.54, 1.807) is 0 Å². The topological polar surface area (TPSA) is 15.3 Å². The normalized spacial score (nSPS) is 12.3. The van der Waals surface area contributed by atoms with Crippen LogP contribution in [0.2, 0.25) is 0 Å². The van der Waals surface area contributed by atoms with Crippen molar-refractivity contribution in [1.29, 1.82) is 0 Å². The molecule has 0 amide bonds. The highest BCUT2D eigenvalue weighted by molar-refractivity contribution is 5.49. The van der Waals surface area contributed by atoms with Gasteiger partial charge < -0.3 is 5.32 Å². The van der Waals surface area contributed by atoms with Crippen LogP contribution in [0.5, 0.6) is 0 Å². The molecule has 0 heterocycles. The summed E-state index contributed by atoms with van der Waals surface area (Å²) >= 11 is 0. The number of hydrogen-bond acceptors (Lipinski definition) is 2. The summed E-state index contributed by atoms with van der Waals surface area (Å²) in [6.07, 6.45) is 4.53. The van der Waals surface area contributed by atoms with Gasteiger partial charge in [0, 0.05) is 32.2 Å². The number of nitrogens with zero attached hydrogens (tertiary/aromatic N) is 1. The number of rotatable bonds is 11. The second-order valence-electron chi connectivity index (χ2n) is 8.38. The van der Waals surface area contributed by atoms with E-state index in [1.807, 2.05) is 0 Å². The fourth-order valence-electron chi connectivity index (χ4n) is 3.98. The average Bonchev–Trinajstić information content (AvgIpc) is 2.88. The van der Waals surface area contributed by atoms with Crippen molar-refractivity contribution < 1.29 is 0 Å². The minimum Gasteiger partial charge on any atom is -0.305 e. The quantitative estimate of drug-likeness (QED) is 0.289. The van der Waals surface area contributed by atoms with Crippen LogP contribution in [0.3, 0.4) is 0 Å². The Kier molecular flexibility index (Phi) is 8.64. The summed E-state index contributed by atoms with van der Waals surface area (Å²) in [5, 5.41) is 3.78. The van der Waals surface area contributed by atoms with E-state index in [2.05, 4.69) is 144 Å². The fraction of sp³-hybridized carbons (Fsp3) is 0.161. The summed E-state index contributed by atoms with van der Waals surface area (Å²) in [5.74, 6) is 0. The first-order chi connectivity index (χ1) is 16.3. The van der Waals surface area contributed by atoms with Gasteiger partial charge in [-0.1, -0.05) is 133 Å². The second-order valence-corrected chi connectivity index (χ2v) is 8.38. The van der Waals surface area contributed by atoms with Crippen molar-refractivity contribution in [2.24, 2.45) is 0 Å². The summed E-state index contributed by atoms with van der Waals surface area (Å²) in [6.45, 7) is 3.59. The molecule has 1 atom stereocenters. The van der Waals surface area contributed by atoms with Crippen LogP contribution in [0.1, 0.15) is 22.3 Å². The molecule has 1 N–H and O–H groups in total. The van der Waals surface area contributed by atoms with Crippen LogP contribution in [-0.2, 0) is 19.6 Å². The van der Waals surface area contributed by atoms with Gasteiger partial charge in [0.2, 0.25) is 0 Å². The summed E-state index contributed by atoms with van der Waals surface area (Å²) in [5.41, 5.74) is 5.19. The van der Waals surface area contributed by atoms with Crippen molar-refractivity contribution in [1.82, 2.24) is 10.2 Å². The molecule has 4 rings (SSSR count). The molecule has 0 aliphatic rings. The van der Waals surface area contributed by atoms with E-state index >= 15 is 0 Å². The van der Waals surface area contributed by atoms with Gasteiger partial charge in [-0.05, 0) is 22.3 Å². The van der Waals surface area contributed by atoms with Crippen molar-refractivity contribution >= 4 is 6.08 Å². The third-order valence-corrected chi connectivity index (χ3v) is 5.68. The molecule has 0 fully saturated rings. The first-order valence-corrected chi connectivity index (χ1v) is 11.7. The summed E-state index contributed by atoms with van der Waals surface area (Å²) in [7, 11) is 0. The van der Waals surface area contributed by atoms with Crippen molar-refractivity contribution in [3.8, 4) is 0 Å². The van der Waals surface area contributed by atoms with Gasteiger partial charge in [-0.2, -0.15) is 0 Å². The van der Waals surface area contributed by atoms with E-state index in [9.17, 15) is 0 Å². The highest BCUT2D eigenvalue weighted by Gasteiger charge is 2.13. The third kappa shape index (κ3) is 7.87. The Morgan fingerprint density at radius 1 is 0.576 bits per heavy atom. The highest BCUT2D eigenvalue weighted by Crippen LogP contribution is 2.12. The Balaban J connectivity index is 1.52. The molecular weight excluding hydrogens is 400 g/mol. The zero-order valence-electron chi connectivity index (χ0n) is 19.1. The smallest absolute Gasteiger partial charge is 0.0384 e. The molecule has 2 heteroatoms. The number of hydrogen-bond donors (Lipinski definition) is 1. The minimum atomic E-state index is 0.220. The third-order valence-electron chi connectivity index (χ3n) is 5.68. The first-order valence-electron chi connectivity index (χ1n) is 11.7. The molecule has 4 aromatic carbocycles. The zero-order valence-corrected chi connectivity index (χ0v) is 19.1. The molecule has 0 radical (unpaired) electrons. The van der Waals surface area contributed by atoms with Crippen LogP contribution in [-0.4, -0.2) is 17.5 Å². The van der Waals surface area contributed by atoms with Gasteiger partial charge in [-0.3, -0.25) is 4.90 Å². The van der Waals surface area contributed by atoms with E-state index in [4.69, 9.17) is 0 Å². The van der Waals surface area contributed by atoms with E-state index in [1.165, 1.54) is 22.3 Å². The summed E-state index contributed by atoms with van der Waals surface area (Å²) < 4.78 is 0. The average molecular weight is 433 g/mol. The lowest BCUT2D eigenvalue weighted by Crippen LogP contribution is -2.39. The van der Waals surface area contributed by atoms with Crippen molar-refractivity contribution in [2.75, 3.05) is 6.54 Å². The maximum absolute atomic E-state index is 3.78. The Labute approximate surface area is 198 Å². The van der Waals surface area contributed by atoms with Crippen LogP contribution in [0.25, 0.3) is 6.08 Å². The van der Waals surface area contributed by atoms with Crippen LogP contribution in [0.15, 0.2) is 127 Å². The second kappa shape index (κ2) is 12.5. The van der Waals surface area contributed by atoms with E-state index < -0.39 is 0 Å². The van der Waals surface area contributed by atoms with Crippen LogP contribution in [0, 0.1) is 0 Å². The lowest BCUT2D eigenvalue weighted by atomic mass is 10.1. The van der Waals surface area contributed by atoms with Gasteiger partial charge in [0.05, 0.1) is 0 Å². The predicted molar refractivity (Wildman–Crippen MR) is 140 cm³/mol. The Morgan fingerprint density at radius 2 is 1.03 bits per heavy atom. The van der Waals surface area contributed by atoms with Gasteiger partial charge in [0.25, 0.3) is 0 Å². The Hall–Kier alpha value is -3.46. The maximum Gasteiger partial charge on any atom is 0.0384 e. The number of benzene rings is 4. The lowest BCUT2D eigenvalue weighted by Gasteiger charge is -2.27. The molecule has 4 aromatic rings. The molecule has 166 valence electrons. The van der Waals surface area contributed by atoms with Gasteiger partial charge >= 0.3 is 0 Å². The van der Waals surface area contributed by atoms with E-state index in [0.29, 0.717) is 0 Å². The molecule has 0 saturated heterocycles. The Bertz CT molecular complexity index is 1040. The van der Waals surface area contributed by atoms with Gasteiger partial charge in [0.1, 0.15) is 0 Å². The monoisotopic (exact) mass is 432 g/mol. The zero-order chi connectivity index (χ0) is 22.6. The van der Waals surface area contributed by atoms with Gasteiger partial charge in [-0.15, -0.1) is 0 Å². The SMILES string of the molecule is C(=C\[C@H](CN(Cc1ccccc1)Cc1ccccc1)NCc1ccccc1)/c1ccccc1. The molecule has 0 aliphatic carbocycles. The molecule has 0 aliphatic heterocycles. The predicted octanol–water partition coefficient (Wildman–Crippen LogP) is 6.56. The summed E-state index contributed by atoms with van der Waals surface area (Å²) in [4.78, 5) is 2.53. The van der Waals surface area contributed by atoms with E-state index in [-0.39, 0.29) is 6.04 Å². The fourth-order valence-corrected chi connectivity index (χ4v) is 3.98. The molecule has 0 unspecified atom stereocenters. The molecular formula is C31H32N2. The van der Waals surface area contributed by atoms with Crippen LogP contribution in [0.4, 0.5) is 0 Å². The van der Waals surface area contributed by atoms with Gasteiger partial charge in [0.15, 0.2) is 0 Å². The van der Waals surface area contributed by atoms with Crippen LogP contribution < -0.4 is 5.32 Å². The van der Waals surface area contributed by atoms with Crippen molar-refractivity contribution in [3.63, 3.8) is 0 Å². The molecule has 0 spiro atoms. The Morgan fingerprint density at radius 3 is 1.55 bits per heavy atom. The highest BCUT2D eigenvalue weighted by atomic mass is 15.1. The molecule has 2 nitrogen and oxygen atoms in total. The molecule has 0 bridgehead atoms. The van der Waals surface area contributed by atoms with Crippen molar-refractivity contribution in [2.45, 2.75) is 25.7 Å². The molecule has 0 aromatic heterocycles. The lowest BCUT2D eigenvalue weighted by molar-refractivity contribution is 0.239.